The van der Waals surface area contributed by atoms with Crippen LogP contribution in [-0.4, -0.2) is 35.9 Å². The van der Waals surface area contributed by atoms with Gasteiger partial charge in [0.15, 0.2) is 6.10 Å². The lowest BCUT2D eigenvalue weighted by atomic mass is 9.87. The van der Waals surface area contributed by atoms with Gasteiger partial charge < -0.3 is 15.0 Å². The molecule has 0 aromatic heterocycles. The van der Waals surface area contributed by atoms with Crippen molar-refractivity contribution in [1.29, 1.82) is 0 Å². The van der Waals surface area contributed by atoms with Crippen molar-refractivity contribution in [2.75, 3.05) is 13.1 Å². The number of nitrogens with one attached hydrogen (secondary N) is 1. The first-order valence-corrected chi connectivity index (χ1v) is 11.8. The number of halogens is 1. The molecule has 0 saturated carbocycles. The van der Waals surface area contributed by atoms with Gasteiger partial charge in [-0.1, -0.05) is 52.8 Å². The van der Waals surface area contributed by atoms with Gasteiger partial charge in [-0.3, -0.25) is 9.59 Å². The van der Waals surface area contributed by atoms with Crippen molar-refractivity contribution in [3.05, 3.63) is 65.0 Å². The number of hydrogen-bond acceptors (Lipinski definition) is 3. The summed E-state index contributed by atoms with van der Waals surface area (Å²) in [5.41, 5.74) is 2.93. The summed E-state index contributed by atoms with van der Waals surface area (Å²) in [4.78, 5) is 27.5. The van der Waals surface area contributed by atoms with Crippen molar-refractivity contribution in [1.82, 2.24) is 10.2 Å². The molecule has 2 aromatic rings. The zero-order valence-corrected chi connectivity index (χ0v) is 20.2. The van der Waals surface area contributed by atoms with Crippen LogP contribution in [0.2, 0.25) is 0 Å². The van der Waals surface area contributed by atoms with Gasteiger partial charge in [-0.05, 0) is 59.7 Å². The third-order valence-corrected chi connectivity index (χ3v) is 5.93. The van der Waals surface area contributed by atoms with Crippen LogP contribution in [0.3, 0.4) is 0 Å². The molecule has 0 spiro atoms. The lowest BCUT2D eigenvalue weighted by Gasteiger charge is -2.39. The second kappa shape index (κ2) is 10.8. The number of hydrogen-bond donors (Lipinski definition) is 1. The normalized spacial score (nSPS) is 16.5. The lowest BCUT2D eigenvalue weighted by Crippen LogP contribution is -2.42. The maximum atomic E-state index is 13.6. The van der Waals surface area contributed by atoms with Crippen LogP contribution in [-0.2, 0) is 16.0 Å². The van der Waals surface area contributed by atoms with Gasteiger partial charge in [0.2, 0.25) is 5.91 Å². The third-order valence-electron chi connectivity index (χ3n) is 5.93. The molecule has 33 heavy (non-hydrogen) atoms. The molecule has 3 rings (SSSR count). The summed E-state index contributed by atoms with van der Waals surface area (Å²) in [6.45, 7) is 11.0. The molecular formula is C27H35FN2O3. The zero-order valence-electron chi connectivity index (χ0n) is 20.2. The second-order valence-electron chi connectivity index (χ2n) is 9.40. The molecule has 0 fully saturated rings. The minimum Gasteiger partial charge on any atom is -0.481 e. The molecule has 1 N–H and O–H groups in total. The average molecular weight is 455 g/mol. The molecule has 178 valence electrons. The number of nitrogens with zero attached hydrogens (tertiary/aromatic N) is 1. The van der Waals surface area contributed by atoms with Gasteiger partial charge in [-0.2, -0.15) is 0 Å². The number of carbonyl (C=O) groups is 2. The highest BCUT2D eigenvalue weighted by molar-refractivity contribution is 5.81. The smallest absolute Gasteiger partial charge is 0.261 e. The van der Waals surface area contributed by atoms with E-state index in [4.69, 9.17) is 4.74 Å². The van der Waals surface area contributed by atoms with E-state index in [0.29, 0.717) is 31.2 Å². The highest BCUT2D eigenvalue weighted by Gasteiger charge is 2.33. The first-order valence-electron chi connectivity index (χ1n) is 11.8. The number of fused-ring (bicyclic) bond motifs is 1. The molecule has 0 unspecified atom stereocenters. The molecule has 2 aromatic carbocycles. The molecule has 1 aliphatic rings. The molecule has 1 aliphatic heterocycles. The van der Waals surface area contributed by atoms with Crippen molar-refractivity contribution < 1.29 is 18.7 Å². The Labute approximate surface area is 196 Å². The fourth-order valence-electron chi connectivity index (χ4n) is 4.15. The van der Waals surface area contributed by atoms with Gasteiger partial charge >= 0.3 is 0 Å². The fraction of sp³-hybridized carbons (Fsp3) is 0.481. The van der Waals surface area contributed by atoms with Crippen LogP contribution in [0.25, 0.3) is 0 Å². The number of amides is 2. The summed E-state index contributed by atoms with van der Waals surface area (Å²) in [5, 5.41) is 2.94. The number of benzene rings is 2. The quantitative estimate of drug-likeness (QED) is 0.618. The highest BCUT2D eigenvalue weighted by atomic mass is 19.1. The van der Waals surface area contributed by atoms with E-state index in [1.165, 1.54) is 12.1 Å². The molecule has 0 radical (unpaired) electrons. The van der Waals surface area contributed by atoms with Crippen LogP contribution < -0.4 is 10.1 Å². The van der Waals surface area contributed by atoms with Gasteiger partial charge in [-0.15, -0.1) is 0 Å². The number of carbonyl (C=O) groups excluding carboxylic acids is 2. The molecule has 0 bridgehead atoms. The molecule has 5 nitrogen and oxygen atoms in total. The van der Waals surface area contributed by atoms with E-state index >= 15 is 0 Å². The minimum absolute atomic E-state index is 0.0563. The molecule has 6 heteroatoms. The summed E-state index contributed by atoms with van der Waals surface area (Å²) in [6.07, 6.45) is 0.682. The van der Waals surface area contributed by atoms with Gasteiger partial charge in [-0.25, -0.2) is 4.39 Å². The Morgan fingerprint density at radius 2 is 1.82 bits per heavy atom. The standard InChI is InChI=1S/C27H35FN2O3/c1-6-24(26(31)29-16-17(2)3)33-22-12-9-19-13-14-30(27(32)18(4)5)25(23(19)15-22)20-7-10-21(28)11-8-20/h7-12,15,17-18,24-25H,6,13-14,16H2,1-5H3,(H,29,31)/t24-,25+/m0/s1. The first-order chi connectivity index (χ1) is 15.7. The van der Waals surface area contributed by atoms with Crippen molar-refractivity contribution in [2.24, 2.45) is 11.8 Å². The van der Waals surface area contributed by atoms with E-state index in [9.17, 15) is 14.0 Å². The topological polar surface area (TPSA) is 58.6 Å². The Kier molecular flexibility index (Phi) is 8.11. The molecule has 2 amide bonds. The van der Waals surface area contributed by atoms with Crippen molar-refractivity contribution >= 4 is 11.8 Å². The van der Waals surface area contributed by atoms with Gasteiger partial charge in [0.1, 0.15) is 11.6 Å². The first kappa shape index (κ1) is 24.7. The summed E-state index contributed by atoms with van der Waals surface area (Å²) in [6, 6.07) is 11.8. The van der Waals surface area contributed by atoms with Crippen LogP contribution in [0.1, 0.15) is 63.8 Å². The largest absolute Gasteiger partial charge is 0.481 e. The molecular weight excluding hydrogens is 419 g/mol. The predicted octanol–water partition coefficient (Wildman–Crippen LogP) is 4.89. The number of rotatable bonds is 8. The molecule has 1 heterocycles. The Morgan fingerprint density at radius 3 is 2.42 bits per heavy atom. The van der Waals surface area contributed by atoms with Crippen LogP contribution in [0.15, 0.2) is 42.5 Å². The van der Waals surface area contributed by atoms with Gasteiger partial charge in [0.25, 0.3) is 5.91 Å². The molecule has 2 atom stereocenters. The van der Waals surface area contributed by atoms with Gasteiger partial charge in [0, 0.05) is 19.0 Å². The SMILES string of the molecule is CC[C@H](Oc1ccc2c(c1)[C@@H](c1ccc(F)cc1)N(C(=O)C(C)C)CC2)C(=O)NCC(C)C. The maximum Gasteiger partial charge on any atom is 0.261 e. The van der Waals surface area contributed by atoms with E-state index in [-0.39, 0.29) is 29.6 Å². The van der Waals surface area contributed by atoms with Crippen LogP contribution in [0.4, 0.5) is 4.39 Å². The van der Waals surface area contributed by atoms with Crippen molar-refractivity contribution in [3.8, 4) is 5.75 Å². The minimum atomic E-state index is -0.594. The summed E-state index contributed by atoms with van der Waals surface area (Å²) in [7, 11) is 0. The Bertz CT molecular complexity index is 972. The van der Waals surface area contributed by atoms with E-state index in [0.717, 1.165) is 23.1 Å². The monoisotopic (exact) mass is 454 g/mol. The van der Waals surface area contributed by atoms with E-state index < -0.39 is 6.10 Å². The van der Waals surface area contributed by atoms with Crippen LogP contribution in [0.5, 0.6) is 5.75 Å². The average Bonchev–Trinajstić information content (AvgIpc) is 2.80. The van der Waals surface area contributed by atoms with Gasteiger partial charge in [0.05, 0.1) is 6.04 Å². The van der Waals surface area contributed by atoms with E-state index in [1.807, 2.05) is 57.7 Å². The zero-order chi connectivity index (χ0) is 24.1. The second-order valence-corrected chi connectivity index (χ2v) is 9.40. The predicted molar refractivity (Wildman–Crippen MR) is 127 cm³/mol. The number of ether oxygens (including phenoxy) is 1. The van der Waals surface area contributed by atoms with Crippen LogP contribution >= 0.6 is 0 Å². The summed E-state index contributed by atoms with van der Waals surface area (Å²) >= 11 is 0. The van der Waals surface area contributed by atoms with Crippen molar-refractivity contribution in [2.45, 2.75) is 59.6 Å². The Morgan fingerprint density at radius 1 is 1.12 bits per heavy atom. The Balaban J connectivity index is 1.95. The molecule has 0 aliphatic carbocycles. The lowest BCUT2D eigenvalue weighted by molar-refractivity contribution is -0.136. The summed E-state index contributed by atoms with van der Waals surface area (Å²) < 4.78 is 19.7. The van der Waals surface area contributed by atoms with E-state index in [2.05, 4.69) is 5.32 Å². The molecule has 0 saturated heterocycles. The maximum absolute atomic E-state index is 13.6. The highest BCUT2D eigenvalue weighted by Crippen LogP contribution is 2.38. The fourth-order valence-corrected chi connectivity index (χ4v) is 4.15. The third kappa shape index (κ3) is 5.92. The van der Waals surface area contributed by atoms with E-state index in [1.54, 1.807) is 12.1 Å². The van der Waals surface area contributed by atoms with Crippen molar-refractivity contribution in [3.63, 3.8) is 0 Å². The van der Waals surface area contributed by atoms with Crippen LogP contribution in [0, 0.1) is 17.7 Å². The Hall–Kier alpha value is -2.89. The summed E-state index contributed by atoms with van der Waals surface area (Å²) in [5.74, 6) is 0.411.